The molecule has 78 valence electrons. The van der Waals surface area contributed by atoms with Crippen LogP contribution in [0, 0.1) is 0 Å². The van der Waals surface area contributed by atoms with E-state index < -0.39 is 0 Å². The number of rotatable bonds is 4. The lowest BCUT2D eigenvalue weighted by Gasteiger charge is -2.15. The number of hydrazine groups is 1. The molecule has 0 saturated heterocycles. The smallest absolute Gasteiger partial charge is 0.113 e. The Morgan fingerprint density at radius 1 is 1.46 bits per heavy atom. The maximum absolute atomic E-state index is 5.33. The lowest BCUT2D eigenvalue weighted by atomic mass is 10.1. The molecule has 0 aromatic rings. The van der Waals surface area contributed by atoms with Gasteiger partial charge in [0.05, 0.1) is 12.1 Å². The molecule has 0 radical (unpaired) electrons. The monoisotopic (exact) mass is 187 g/mol. The van der Waals surface area contributed by atoms with Crippen LogP contribution in [0.15, 0.2) is 4.99 Å². The Morgan fingerprint density at radius 2 is 2.08 bits per heavy atom. The van der Waals surface area contributed by atoms with Crippen molar-refractivity contribution in [3.8, 4) is 0 Å². The molecular formula is C9H21N3O. The summed E-state index contributed by atoms with van der Waals surface area (Å²) in [4.78, 5) is 4.40. The minimum atomic E-state index is -0.0894. The standard InChI is InChI=1S/C9H21N3O/c1-5-13-7-6-8(12-10)11-9(2,3)4/h5-7,10H2,1-4H3,(H,11,12). The number of hydrogen-bond acceptors (Lipinski definition) is 3. The number of nitrogens with one attached hydrogen (secondary N) is 1. The predicted molar refractivity (Wildman–Crippen MR) is 55.6 cm³/mol. The quantitative estimate of drug-likeness (QED) is 0.227. The molecule has 3 N–H and O–H groups in total. The highest BCUT2D eigenvalue weighted by Gasteiger charge is 2.08. The van der Waals surface area contributed by atoms with Gasteiger partial charge in [-0.2, -0.15) is 0 Å². The van der Waals surface area contributed by atoms with E-state index >= 15 is 0 Å². The van der Waals surface area contributed by atoms with Crippen LogP contribution in [-0.2, 0) is 4.74 Å². The van der Waals surface area contributed by atoms with Crippen molar-refractivity contribution in [3.63, 3.8) is 0 Å². The average molecular weight is 187 g/mol. The second-order valence-electron chi connectivity index (χ2n) is 3.82. The van der Waals surface area contributed by atoms with E-state index in [-0.39, 0.29) is 5.54 Å². The molecule has 13 heavy (non-hydrogen) atoms. The third-order valence-corrected chi connectivity index (χ3v) is 1.32. The number of nitrogens with zero attached hydrogens (tertiary/aromatic N) is 1. The maximum Gasteiger partial charge on any atom is 0.113 e. The average Bonchev–Trinajstić information content (AvgIpc) is 2.01. The summed E-state index contributed by atoms with van der Waals surface area (Å²) >= 11 is 0. The molecule has 0 rings (SSSR count). The van der Waals surface area contributed by atoms with Gasteiger partial charge in [0.25, 0.3) is 0 Å². The highest BCUT2D eigenvalue weighted by atomic mass is 16.5. The minimum Gasteiger partial charge on any atom is -0.381 e. The third kappa shape index (κ3) is 7.74. The van der Waals surface area contributed by atoms with E-state index in [0.29, 0.717) is 6.61 Å². The lowest BCUT2D eigenvalue weighted by molar-refractivity contribution is 0.154. The van der Waals surface area contributed by atoms with E-state index in [0.717, 1.165) is 18.9 Å². The van der Waals surface area contributed by atoms with Crippen LogP contribution in [0.25, 0.3) is 0 Å². The summed E-state index contributed by atoms with van der Waals surface area (Å²) in [6.45, 7) is 9.46. The largest absolute Gasteiger partial charge is 0.381 e. The molecule has 0 unspecified atom stereocenters. The van der Waals surface area contributed by atoms with Crippen LogP contribution < -0.4 is 11.3 Å². The summed E-state index contributed by atoms with van der Waals surface area (Å²) in [5, 5.41) is 0. The number of hydrogen-bond donors (Lipinski definition) is 2. The van der Waals surface area contributed by atoms with E-state index in [9.17, 15) is 0 Å². The molecule has 0 amide bonds. The summed E-state index contributed by atoms with van der Waals surface area (Å²) in [6, 6.07) is 0. The van der Waals surface area contributed by atoms with Crippen LogP contribution in [0.4, 0.5) is 0 Å². The Bertz CT molecular complexity index is 161. The minimum absolute atomic E-state index is 0.0894. The number of aliphatic imine (C=N–C) groups is 1. The molecule has 0 saturated carbocycles. The van der Waals surface area contributed by atoms with Gasteiger partial charge in [-0.15, -0.1) is 0 Å². The van der Waals surface area contributed by atoms with Crippen molar-refractivity contribution in [1.82, 2.24) is 5.43 Å². The molecule has 0 aliphatic carbocycles. The topological polar surface area (TPSA) is 59.6 Å². The molecule has 0 aromatic heterocycles. The van der Waals surface area contributed by atoms with Gasteiger partial charge in [0.15, 0.2) is 0 Å². The van der Waals surface area contributed by atoms with Gasteiger partial charge >= 0.3 is 0 Å². The summed E-state index contributed by atoms with van der Waals surface area (Å²) in [5.41, 5.74) is 2.50. The van der Waals surface area contributed by atoms with Crippen LogP contribution in [0.5, 0.6) is 0 Å². The molecule has 0 heterocycles. The number of nitrogens with two attached hydrogens (primary N) is 1. The van der Waals surface area contributed by atoms with Crippen molar-refractivity contribution >= 4 is 5.84 Å². The highest BCUT2D eigenvalue weighted by molar-refractivity contribution is 5.82. The Labute approximate surface area is 80.5 Å². The Balaban J connectivity index is 3.95. The molecule has 0 spiro atoms. The van der Waals surface area contributed by atoms with Crippen molar-refractivity contribution in [2.24, 2.45) is 10.8 Å². The van der Waals surface area contributed by atoms with Crippen LogP contribution in [0.2, 0.25) is 0 Å². The van der Waals surface area contributed by atoms with Gasteiger partial charge in [0.2, 0.25) is 0 Å². The Kier molecular flexibility index (Phi) is 5.66. The molecule has 0 aliphatic heterocycles. The van der Waals surface area contributed by atoms with Gasteiger partial charge < -0.3 is 10.2 Å². The molecule has 0 atom stereocenters. The van der Waals surface area contributed by atoms with E-state index in [4.69, 9.17) is 10.6 Å². The predicted octanol–water partition coefficient (Wildman–Crippen LogP) is 1.07. The van der Waals surface area contributed by atoms with E-state index in [2.05, 4.69) is 10.4 Å². The zero-order chi connectivity index (χ0) is 10.3. The maximum atomic E-state index is 5.33. The first-order valence-corrected chi connectivity index (χ1v) is 4.62. The summed E-state index contributed by atoms with van der Waals surface area (Å²) < 4.78 is 5.20. The second-order valence-corrected chi connectivity index (χ2v) is 3.82. The Morgan fingerprint density at radius 3 is 2.46 bits per heavy atom. The van der Waals surface area contributed by atoms with Crippen LogP contribution in [0.1, 0.15) is 34.1 Å². The molecule has 4 nitrogen and oxygen atoms in total. The molecule has 4 heteroatoms. The van der Waals surface area contributed by atoms with Crippen molar-refractivity contribution in [2.75, 3.05) is 13.2 Å². The van der Waals surface area contributed by atoms with E-state index in [1.165, 1.54) is 0 Å². The molecule has 0 aliphatic rings. The first-order chi connectivity index (χ1) is 5.99. The van der Waals surface area contributed by atoms with Crippen LogP contribution in [-0.4, -0.2) is 24.6 Å². The zero-order valence-electron chi connectivity index (χ0n) is 9.05. The fourth-order valence-corrected chi connectivity index (χ4v) is 0.878. The van der Waals surface area contributed by atoms with E-state index in [1.807, 2.05) is 27.7 Å². The van der Waals surface area contributed by atoms with Crippen molar-refractivity contribution in [3.05, 3.63) is 0 Å². The number of amidine groups is 1. The molecular weight excluding hydrogens is 166 g/mol. The normalized spacial score (nSPS) is 13.2. The molecule has 0 fully saturated rings. The first kappa shape index (κ1) is 12.4. The molecule has 0 aromatic carbocycles. The van der Waals surface area contributed by atoms with Crippen molar-refractivity contribution in [1.29, 1.82) is 0 Å². The summed E-state index contributed by atoms with van der Waals surface area (Å²) in [5.74, 6) is 6.12. The zero-order valence-corrected chi connectivity index (χ0v) is 9.05. The van der Waals surface area contributed by atoms with Crippen molar-refractivity contribution < 1.29 is 4.74 Å². The fraction of sp³-hybridized carbons (Fsp3) is 0.889. The van der Waals surface area contributed by atoms with Gasteiger partial charge in [-0.3, -0.25) is 4.99 Å². The van der Waals surface area contributed by atoms with Crippen LogP contribution in [0.3, 0.4) is 0 Å². The summed E-state index contributed by atoms with van der Waals surface area (Å²) in [7, 11) is 0. The Hall–Kier alpha value is -0.610. The fourth-order valence-electron chi connectivity index (χ4n) is 0.878. The van der Waals surface area contributed by atoms with Gasteiger partial charge in [0, 0.05) is 13.0 Å². The molecule has 0 bridgehead atoms. The third-order valence-electron chi connectivity index (χ3n) is 1.32. The van der Waals surface area contributed by atoms with Gasteiger partial charge in [-0.25, -0.2) is 5.84 Å². The summed E-state index contributed by atoms with van der Waals surface area (Å²) in [6.07, 6.45) is 0.738. The van der Waals surface area contributed by atoms with E-state index in [1.54, 1.807) is 0 Å². The van der Waals surface area contributed by atoms with Gasteiger partial charge in [-0.05, 0) is 27.7 Å². The lowest BCUT2D eigenvalue weighted by Crippen LogP contribution is -2.33. The first-order valence-electron chi connectivity index (χ1n) is 4.62. The SMILES string of the molecule is CCOCCC(=NC(C)(C)C)NN. The highest BCUT2D eigenvalue weighted by Crippen LogP contribution is 2.06. The number of ether oxygens (including phenoxy) is 1. The van der Waals surface area contributed by atoms with Gasteiger partial charge in [0.1, 0.15) is 5.84 Å². The van der Waals surface area contributed by atoms with Crippen LogP contribution >= 0.6 is 0 Å². The van der Waals surface area contributed by atoms with Gasteiger partial charge in [-0.1, -0.05) is 0 Å². The van der Waals surface area contributed by atoms with Crippen molar-refractivity contribution in [2.45, 2.75) is 39.7 Å². The second kappa shape index (κ2) is 5.94.